The van der Waals surface area contributed by atoms with Crippen LogP contribution in [0.2, 0.25) is 0 Å². The lowest BCUT2D eigenvalue weighted by Gasteiger charge is -2.05. The molecule has 2 aromatic rings. The third-order valence-corrected chi connectivity index (χ3v) is 2.43. The van der Waals surface area contributed by atoms with Crippen molar-refractivity contribution in [3.8, 4) is 0 Å². The van der Waals surface area contributed by atoms with E-state index in [9.17, 15) is 9.59 Å². The molecule has 0 aromatic carbocycles. The number of carboxylic acid groups (broad SMARTS) is 1. The average Bonchev–Trinajstić information content (AvgIpc) is 2.41. The van der Waals surface area contributed by atoms with Gasteiger partial charge in [0.2, 0.25) is 0 Å². The number of aliphatic carboxylic acids is 1. The smallest absolute Gasteiger partial charge is 0.309 e. The van der Waals surface area contributed by atoms with Gasteiger partial charge < -0.3 is 16.2 Å². The maximum Gasteiger partial charge on any atom is 0.309 e. The van der Waals surface area contributed by atoms with Crippen LogP contribution in [0.1, 0.15) is 16.2 Å². The Morgan fingerprint density at radius 1 is 1.15 bits per heavy atom. The van der Waals surface area contributed by atoms with Gasteiger partial charge >= 0.3 is 5.97 Å². The molecule has 7 heteroatoms. The molecule has 7 nitrogen and oxygen atoms in total. The molecule has 0 aliphatic rings. The Bertz CT molecular complexity index is 623. The van der Waals surface area contributed by atoms with E-state index >= 15 is 0 Å². The first kappa shape index (κ1) is 13.5. The summed E-state index contributed by atoms with van der Waals surface area (Å²) in [6.07, 6.45) is 2.63. The fourth-order valence-corrected chi connectivity index (χ4v) is 1.49. The third-order valence-electron chi connectivity index (χ3n) is 2.43. The molecule has 0 saturated carbocycles. The first-order valence-electron chi connectivity index (χ1n) is 5.74. The number of pyridine rings is 2. The van der Waals surface area contributed by atoms with E-state index < -0.39 is 11.9 Å². The Hall–Kier alpha value is -2.96. The SMILES string of the molecule is Nc1ccc(C(=O)Nc2ccc(CC(=O)O)nc2)nc1. The van der Waals surface area contributed by atoms with E-state index in [4.69, 9.17) is 10.8 Å². The number of nitrogens with one attached hydrogen (secondary N) is 1. The second kappa shape index (κ2) is 5.79. The molecule has 0 atom stereocenters. The Morgan fingerprint density at radius 3 is 2.50 bits per heavy atom. The van der Waals surface area contributed by atoms with Crippen LogP contribution in [-0.2, 0) is 11.2 Å². The summed E-state index contributed by atoms with van der Waals surface area (Å²) >= 11 is 0. The number of aromatic nitrogens is 2. The van der Waals surface area contributed by atoms with E-state index in [2.05, 4.69) is 15.3 Å². The lowest BCUT2D eigenvalue weighted by molar-refractivity contribution is -0.136. The summed E-state index contributed by atoms with van der Waals surface area (Å²) in [6.45, 7) is 0. The van der Waals surface area contributed by atoms with Crippen LogP contribution in [0, 0.1) is 0 Å². The fraction of sp³-hybridized carbons (Fsp3) is 0.0769. The van der Waals surface area contributed by atoms with Crippen molar-refractivity contribution in [2.24, 2.45) is 0 Å². The maximum atomic E-state index is 11.9. The second-order valence-corrected chi connectivity index (χ2v) is 4.04. The van der Waals surface area contributed by atoms with Gasteiger partial charge in [-0.05, 0) is 24.3 Å². The van der Waals surface area contributed by atoms with Crippen LogP contribution in [0.5, 0.6) is 0 Å². The lowest BCUT2D eigenvalue weighted by atomic mass is 10.2. The largest absolute Gasteiger partial charge is 0.481 e. The molecule has 102 valence electrons. The molecule has 0 aliphatic carbocycles. The van der Waals surface area contributed by atoms with E-state index in [1.165, 1.54) is 18.5 Å². The number of nitrogens with two attached hydrogens (primary N) is 1. The van der Waals surface area contributed by atoms with Gasteiger partial charge in [0, 0.05) is 0 Å². The average molecular weight is 272 g/mol. The molecule has 0 spiro atoms. The van der Waals surface area contributed by atoms with E-state index in [1.807, 2.05) is 0 Å². The van der Waals surface area contributed by atoms with E-state index in [-0.39, 0.29) is 12.1 Å². The van der Waals surface area contributed by atoms with Gasteiger partial charge in [0.15, 0.2) is 0 Å². The molecule has 0 saturated heterocycles. The van der Waals surface area contributed by atoms with Gasteiger partial charge in [-0.2, -0.15) is 0 Å². The highest BCUT2D eigenvalue weighted by atomic mass is 16.4. The Kier molecular flexibility index (Phi) is 3.90. The molecule has 0 unspecified atom stereocenters. The van der Waals surface area contributed by atoms with E-state index in [1.54, 1.807) is 18.2 Å². The van der Waals surface area contributed by atoms with Crippen LogP contribution >= 0.6 is 0 Å². The number of amides is 1. The monoisotopic (exact) mass is 272 g/mol. The number of carbonyl (C=O) groups excluding carboxylic acids is 1. The van der Waals surface area contributed by atoms with Crippen molar-refractivity contribution < 1.29 is 14.7 Å². The lowest BCUT2D eigenvalue weighted by Crippen LogP contribution is -2.14. The Labute approximate surface area is 114 Å². The van der Waals surface area contributed by atoms with Gasteiger partial charge in [-0.3, -0.25) is 14.6 Å². The van der Waals surface area contributed by atoms with Crippen LogP contribution in [0.4, 0.5) is 11.4 Å². The Balaban J connectivity index is 2.04. The summed E-state index contributed by atoms with van der Waals surface area (Å²) < 4.78 is 0. The van der Waals surface area contributed by atoms with Gasteiger partial charge in [-0.15, -0.1) is 0 Å². The van der Waals surface area contributed by atoms with E-state index in [0.29, 0.717) is 17.1 Å². The first-order chi connectivity index (χ1) is 9.54. The minimum absolute atomic E-state index is 0.159. The van der Waals surface area contributed by atoms with Gasteiger partial charge in [-0.1, -0.05) is 0 Å². The molecule has 0 aliphatic heterocycles. The molecule has 2 heterocycles. The van der Waals surface area contributed by atoms with Crippen LogP contribution in [-0.4, -0.2) is 27.0 Å². The van der Waals surface area contributed by atoms with Gasteiger partial charge in [0.05, 0.1) is 35.9 Å². The summed E-state index contributed by atoms with van der Waals surface area (Å²) in [5.74, 6) is -1.35. The number of carbonyl (C=O) groups is 2. The summed E-state index contributed by atoms with van der Waals surface area (Å²) in [6, 6.07) is 6.22. The number of rotatable bonds is 4. The predicted octanol–water partition coefficient (Wildman–Crippen LogP) is 0.938. The number of anilines is 2. The van der Waals surface area contributed by atoms with Gasteiger partial charge in [0.1, 0.15) is 5.69 Å². The molecular weight excluding hydrogens is 260 g/mol. The molecule has 0 bridgehead atoms. The van der Waals surface area contributed by atoms with Gasteiger partial charge in [0.25, 0.3) is 5.91 Å². The molecular formula is C13H12N4O3. The number of carboxylic acids is 1. The summed E-state index contributed by atoms with van der Waals surface area (Å²) in [7, 11) is 0. The number of hydrogen-bond acceptors (Lipinski definition) is 5. The molecule has 0 radical (unpaired) electrons. The highest BCUT2D eigenvalue weighted by Gasteiger charge is 2.08. The molecule has 4 N–H and O–H groups in total. The van der Waals surface area contributed by atoms with Crippen molar-refractivity contribution in [1.29, 1.82) is 0 Å². The minimum Gasteiger partial charge on any atom is -0.481 e. The van der Waals surface area contributed by atoms with Crippen LogP contribution in [0.15, 0.2) is 36.7 Å². The predicted molar refractivity (Wildman–Crippen MR) is 72.2 cm³/mol. The van der Waals surface area contributed by atoms with Crippen molar-refractivity contribution in [2.75, 3.05) is 11.1 Å². The molecule has 2 rings (SSSR count). The van der Waals surface area contributed by atoms with Crippen molar-refractivity contribution >= 4 is 23.3 Å². The molecule has 0 fully saturated rings. The zero-order valence-corrected chi connectivity index (χ0v) is 10.4. The van der Waals surface area contributed by atoms with Crippen LogP contribution < -0.4 is 11.1 Å². The zero-order chi connectivity index (χ0) is 14.5. The maximum absolute atomic E-state index is 11.9. The van der Waals surface area contributed by atoms with Crippen molar-refractivity contribution in [1.82, 2.24) is 9.97 Å². The van der Waals surface area contributed by atoms with Gasteiger partial charge in [-0.25, -0.2) is 4.98 Å². The standard InChI is InChI=1S/C13H12N4O3/c14-8-1-4-11(16-6-8)13(20)17-10-3-2-9(15-7-10)5-12(18)19/h1-4,6-7H,5,14H2,(H,17,20)(H,18,19). The van der Waals surface area contributed by atoms with Crippen LogP contribution in [0.25, 0.3) is 0 Å². The van der Waals surface area contributed by atoms with E-state index in [0.717, 1.165) is 0 Å². The topological polar surface area (TPSA) is 118 Å². The molecule has 2 aromatic heterocycles. The van der Waals surface area contributed by atoms with Crippen molar-refractivity contribution in [2.45, 2.75) is 6.42 Å². The fourth-order valence-electron chi connectivity index (χ4n) is 1.49. The number of nitrogens with zero attached hydrogens (tertiary/aromatic N) is 2. The molecule has 20 heavy (non-hydrogen) atoms. The quantitative estimate of drug-likeness (QED) is 0.762. The summed E-state index contributed by atoms with van der Waals surface area (Å²) in [5, 5.41) is 11.2. The van der Waals surface area contributed by atoms with Crippen LogP contribution in [0.3, 0.4) is 0 Å². The normalized spacial score (nSPS) is 10.0. The highest BCUT2D eigenvalue weighted by molar-refractivity contribution is 6.02. The summed E-state index contributed by atoms with van der Waals surface area (Å²) in [5.41, 5.74) is 7.07. The number of hydrogen-bond donors (Lipinski definition) is 3. The summed E-state index contributed by atoms with van der Waals surface area (Å²) in [4.78, 5) is 30.2. The molecule has 1 amide bonds. The Morgan fingerprint density at radius 2 is 1.95 bits per heavy atom. The zero-order valence-electron chi connectivity index (χ0n) is 10.4. The first-order valence-corrected chi connectivity index (χ1v) is 5.74. The van der Waals surface area contributed by atoms with Crippen molar-refractivity contribution in [3.05, 3.63) is 48.0 Å². The minimum atomic E-state index is -0.958. The third kappa shape index (κ3) is 3.52. The van der Waals surface area contributed by atoms with Crippen molar-refractivity contribution in [3.63, 3.8) is 0 Å². The highest BCUT2D eigenvalue weighted by Crippen LogP contribution is 2.09. The second-order valence-electron chi connectivity index (χ2n) is 4.04. The number of nitrogen functional groups attached to an aromatic ring is 1.